The number of carbonyl (C=O) groups is 1. The Bertz CT molecular complexity index is 784. The van der Waals surface area contributed by atoms with E-state index in [1.54, 1.807) is 18.2 Å². The summed E-state index contributed by atoms with van der Waals surface area (Å²) in [5, 5.41) is 8.46. The molecular weight excluding hydrogens is 296 g/mol. The molecule has 7 heteroatoms. The topological polar surface area (TPSA) is 77.3 Å². The number of aromatic nitrogens is 3. The molecule has 1 aliphatic heterocycles. The molecule has 0 N–H and O–H groups in total. The van der Waals surface area contributed by atoms with Gasteiger partial charge in [0.25, 0.3) is 5.56 Å². The number of hydrogen-bond acceptors (Lipinski definition) is 5. The Labute approximate surface area is 133 Å². The molecule has 2 heterocycles. The SMILES string of the molecule is CC1(C)COCCN1C(=O)CCn1nnc2ccccc2c1=O. The van der Waals surface area contributed by atoms with Crippen LogP contribution in [0.1, 0.15) is 20.3 Å². The maximum Gasteiger partial charge on any atom is 0.277 e. The summed E-state index contributed by atoms with van der Waals surface area (Å²) in [5.74, 6) is 0.000147. The van der Waals surface area contributed by atoms with Crippen LogP contribution in [0.15, 0.2) is 29.1 Å². The molecule has 0 spiro atoms. The first-order valence-corrected chi connectivity index (χ1v) is 7.70. The van der Waals surface area contributed by atoms with Gasteiger partial charge in [0.15, 0.2) is 0 Å². The molecule has 0 aliphatic carbocycles. The van der Waals surface area contributed by atoms with Crippen LogP contribution in [-0.4, -0.2) is 51.1 Å². The summed E-state index contributed by atoms with van der Waals surface area (Å²) in [6.45, 7) is 5.82. The van der Waals surface area contributed by atoms with Crippen molar-refractivity contribution in [3.8, 4) is 0 Å². The van der Waals surface area contributed by atoms with E-state index in [-0.39, 0.29) is 30.0 Å². The zero-order valence-corrected chi connectivity index (χ0v) is 13.4. The van der Waals surface area contributed by atoms with Crippen LogP contribution in [0.4, 0.5) is 0 Å². The van der Waals surface area contributed by atoms with Crippen LogP contribution in [0.5, 0.6) is 0 Å². The summed E-state index contributed by atoms with van der Waals surface area (Å²) in [5.41, 5.74) is 0.0223. The number of hydrogen-bond donors (Lipinski definition) is 0. The number of morpholine rings is 1. The van der Waals surface area contributed by atoms with E-state index in [2.05, 4.69) is 10.3 Å². The number of ether oxygens (including phenoxy) is 1. The summed E-state index contributed by atoms with van der Waals surface area (Å²) in [6, 6.07) is 7.06. The van der Waals surface area contributed by atoms with Crippen molar-refractivity contribution >= 4 is 16.8 Å². The van der Waals surface area contributed by atoms with Gasteiger partial charge in [0.2, 0.25) is 5.91 Å². The fourth-order valence-corrected chi connectivity index (χ4v) is 2.83. The lowest BCUT2D eigenvalue weighted by Gasteiger charge is -2.42. The lowest BCUT2D eigenvalue weighted by Crippen LogP contribution is -2.55. The van der Waals surface area contributed by atoms with E-state index < -0.39 is 0 Å². The van der Waals surface area contributed by atoms with Gasteiger partial charge in [-0.2, -0.15) is 0 Å². The minimum Gasteiger partial charge on any atom is -0.377 e. The molecule has 1 fully saturated rings. The Balaban J connectivity index is 1.74. The van der Waals surface area contributed by atoms with Gasteiger partial charge in [0, 0.05) is 13.0 Å². The first kappa shape index (κ1) is 15.6. The summed E-state index contributed by atoms with van der Waals surface area (Å²) >= 11 is 0. The molecule has 0 saturated carbocycles. The van der Waals surface area contributed by atoms with Gasteiger partial charge in [-0.25, -0.2) is 4.68 Å². The molecule has 0 atom stereocenters. The van der Waals surface area contributed by atoms with Crippen molar-refractivity contribution in [1.29, 1.82) is 0 Å². The van der Waals surface area contributed by atoms with E-state index in [9.17, 15) is 9.59 Å². The summed E-state index contributed by atoms with van der Waals surface area (Å²) < 4.78 is 6.68. The Kier molecular flexibility index (Phi) is 4.12. The maximum absolute atomic E-state index is 12.5. The largest absolute Gasteiger partial charge is 0.377 e. The van der Waals surface area contributed by atoms with Gasteiger partial charge in [-0.05, 0) is 26.0 Å². The molecule has 23 heavy (non-hydrogen) atoms. The molecular formula is C16H20N4O3. The van der Waals surface area contributed by atoms with Crippen LogP contribution in [0.3, 0.4) is 0 Å². The van der Waals surface area contributed by atoms with Crippen molar-refractivity contribution < 1.29 is 9.53 Å². The Hall–Kier alpha value is -2.28. The van der Waals surface area contributed by atoms with E-state index in [0.717, 1.165) is 0 Å². The Morgan fingerprint density at radius 1 is 1.35 bits per heavy atom. The maximum atomic E-state index is 12.5. The Morgan fingerprint density at radius 3 is 2.91 bits per heavy atom. The first-order chi connectivity index (χ1) is 11.0. The van der Waals surface area contributed by atoms with Gasteiger partial charge in [-0.3, -0.25) is 9.59 Å². The quantitative estimate of drug-likeness (QED) is 0.838. The van der Waals surface area contributed by atoms with Gasteiger partial charge >= 0.3 is 0 Å². The van der Waals surface area contributed by atoms with Crippen LogP contribution < -0.4 is 5.56 Å². The van der Waals surface area contributed by atoms with E-state index in [1.165, 1.54) is 4.68 Å². The van der Waals surface area contributed by atoms with Gasteiger partial charge in [0.1, 0.15) is 5.52 Å². The van der Waals surface area contributed by atoms with Crippen molar-refractivity contribution in [1.82, 2.24) is 19.9 Å². The highest BCUT2D eigenvalue weighted by atomic mass is 16.5. The van der Waals surface area contributed by atoms with Gasteiger partial charge in [-0.15, -0.1) is 5.10 Å². The molecule has 1 aromatic heterocycles. The minimum absolute atomic E-state index is 0.000147. The fraction of sp³-hybridized carbons (Fsp3) is 0.500. The van der Waals surface area contributed by atoms with Crippen LogP contribution in [-0.2, 0) is 16.1 Å². The number of carbonyl (C=O) groups excluding carboxylic acids is 1. The smallest absolute Gasteiger partial charge is 0.277 e. The van der Waals surface area contributed by atoms with Crippen molar-refractivity contribution in [3.05, 3.63) is 34.6 Å². The highest BCUT2D eigenvalue weighted by molar-refractivity contribution is 5.77. The number of aryl methyl sites for hydroxylation is 1. The highest BCUT2D eigenvalue weighted by Crippen LogP contribution is 2.19. The third kappa shape index (κ3) is 3.10. The third-order valence-electron chi connectivity index (χ3n) is 4.11. The zero-order chi connectivity index (χ0) is 16.4. The van der Waals surface area contributed by atoms with E-state index in [0.29, 0.717) is 30.7 Å². The molecule has 2 aromatic rings. The number of rotatable bonds is 3. The first-order valence-electron chi connectivity index (χ1n) is 7.70. The molecule has 0 unspecified atom stereocenters. The average Bonchev–Trinajstić information content (AvgIpc) is 2.54. The standard InChI is InChI=1S/C16H20N4O3/c1-16(2)11-23-10-9-19(16)14(21)7-8-20-15(22)12-5-3-4-6-13(12)17-18-20/h3-6H,7-11H2,1-2H3. The number of amides is 1. The molecule has 1 amide bonds. The van der Waals surface area contributed by atoms with Crippen molar-refractivity contribution in [2.24, 2.45) is 0 Å². The molecule has 122 valence electrons. The lowest BCUT2D eigenvalue weighted by atomic mass is 10.0. The van der Waals surface area contributed by atoms with Crippen molar-refractivity contribution in [3.63, 3.8) is 0 Å². The van der Waals surface area contributed by atoms with Gasteiger partial charge in [0.05, 0.1) is 30.7 Å². The molecule has 1 aromatic carbocycles. The van der Waals surface area contributed by atoms with Gasteiger partial charge < -0.3 is 9.64 Å². The minimum atomic E-state index is -0.324. The molecule has 7 nitrogen and oxygen atoms in total. The normalized spacial score (nSPS) is 17.4. The second-order valence-electron chi connectivity index (χ2n) is 6.30. The predicted molar refractivity (Wildman–Crippen MR) is 85.0 cm³/mol. The molecule has 1 aliphatic rings. The predicted octanol–water partition coefficient (Wildman–Crippen LogP) is 0.819. The van der Waals surface area contributed by atoms with E-state index in [4.69, 9.17) is 4.74 Å². The second-order valence-corrected chi connectivity index (χ2v) is 6.30. The Morgan fingerprint density at radius 2 is 2.13 bits per heavy atom. The molecule has 0 radical (unpaired) electrons. The number of benzene rings is 1. The molecule has 1 saturated heterocycles. The molecule has 3 rings (SSSR count). The van der Waals surface area contributed by atoms with Crippen LogP contribution in [0.25, 0.3) is 10.9 Å². The van der Waals surface area contributed by atoms with E-state index >= 15 is 0 Å². The number of nitrogens with zero attached hydrogens (tertiary/aromatic N) is 4. The average molecular weight is 316 g/mol. The lowest BCUT2D eigenvalue weighted by molar-refractivity contribution is -0.146. The van der Waals surface area contributed by atoms with Crippen LogP contribution in [0, 0.1) is 0 Å². The number of fused-ring (bicyclic) bond motifs is 1. The molecule has 0 bridgehead atoms. The van der Waals surface area contributed by atoms with Crippen LogP contribution >= 0.6 is 0 Å². The van der Waals surface area contributed by atoms with Crippen molar-refractivity contribution in [2.45, 2.75) is 32.4 Å². The van der Waals surface area contributed by atoms with Crippen LogP contribution in [0.2, 0.25) is 0 Å². The fourth-order valence-electron chi connectivity index (χ4n) is 2.83. The van der Waals surface area contributed by atoms with E-state index in [1.807, 2.05) is 24.8 Å². The summed E-state index contributed by atoms with van der Waals surface area (Å²) in [7, 11) is 0. The van der Waals surface area contributed by atoms with Crippen molar-refractivity contribution in [2.75, 3.05) is 19.8 Å². The third-order valence-corrected chi connectivity index (χ3v) is 4.11. The zero-order valence-electron chi connectivity index (χ0n) is 13.4. The highest BCUT2D eigenvalue weighted by Gasteiger charge is 2.33. The summed E-state index contributed by atoms with van der Waals surface area (Å²) in [6.07, 6.45) is 0.219. The monoisotopic (exact) mass is 316 g/mol. The second kappa shape index (κ2) is 6.08. The summed E-state index contributed by atoms with van der Waals surface area (Å²) in [4.78, 5) is 26.6. The van der Waals surface area contributed by atoms with Gasteiger partial charge in [-0.1, -0.05) is 17.3 Å².